The number of rotatable bonds is 6. The van der Waals surface area contributed by atoms with Gasteiger partial charge in [0.15, 0.2) is 0 Å². The van der Waals surface area contributed by atoms with Gasteiger partial charge in [-0.1, -0.05) is 18.2 Å². The minimum Gasteiger partial charge on any atom is -0.497 e. The molecular weight excluding hydrogens is 418 g/mol. The van der Waals surface area contributed by atoms with Gasteiger partial charge in [0.25, 0.3) is 11.5 Å². The fraction of sp³-hybridized carbons (Fsp3) is 0.192. The van der Waals surface area contributed by atoms with Crippen LogP contribution in [0.4, 0.5) is 5.69 Å². The third-order valence-corrected chi connectivity index (χ3v) is 5.51. The molecule has 168 valence electrons. The topological polar surface area (TPSA) is 82.5 Å². The molecule has 2 aromatic carbocycles. The second-order valence-corrected chi connectivity index (χ2v) is 7.81. The van der Waals surface area contributed by atoms with Crippen LogP contribution in [-0.2, 0) is 6.54 Å². The second-order valence-electron chi connectivity index (χ2n) is 7.81. The molecular formula is C26H25N3O4. The van der Waals surface area contributed by atoms with Gasteiger partial charge in [0.2, 0.25) is 0 Å². The first-order chi connectivity index (χ1) is 15.9. The summed E-state index contributed by atoms with van der Waals surface area (Å²) < 4.78 is 12.1. The maximum absolute atomic E-state index is 13.2. The standard InChI is InChI=1S/C26H25N3O4/c1-16-5-10-24(33-4)23(13-16)28-25(30)20-14-21-22(27-17(20)2)11-12-29(26(21)31)15-18-6-8-19(32-3)9-7-18/h5-14H,15H2,1-4H3,(H,28,30). The zero-order valence-electron chi connectivity index (χ0n) is 19.0. The molecule has 0 radical (unpaired) electrons. The van der Waals surface area contributed by atoms with E-state index in [0.29, 0.717) is 40.1 Å². The van der Waals surface area contributed by atoms with Crippen molar-refractivity contribution in [2.45, 2.75) is 20.4 Å². The van der Waals surface area contributed by atoms with E-state index in [4.69, 9.17) is 9.47 Å². The maximum Gasteiger partial charge on any atom is 0.260 e. The largest absolute Gasteiger partial charge is 0.497 e. The van der Waals surface area contributed by atoms with Crippen LogP contribution in [-0.4, -0.2) is 29.7 Å². The number of hydrogen-bond acceptors (Lipinski definition) is 5. The van der Waals surface area contributed by atoms with E-state index in [0.717, 1.165) is 16.9 Å². The number of methoxy groups -OCH3 is 2. The molecule has 0 saturated carbocycles. The van der Waals surface area contributed by atoms with Gasteiger partial charge in [-0.25, -0.2) is 0 Å². The maximum atomic E-state index is 13.2. The number of benzene rings is 2. The highest BCUT2D eigenvalue weighted by molar-refractivity contribution is 6.07. The zero-order valence-corrected chi connectivity index (χ0v) is 19.0. The summed E-state index contributed by atoms with van der Waals surface area (Å²) in [6.45, 7) is 4.09. The molecule has 4 rings (SSSR count). The van der Waals surface area contributed by atoms with Crippen molar-refractivity contribution in [2.24, 2.45) is 0 Å². The van der Waals surface area contributed by atoms with Gasteiger partial charge in [-0.2, -0.15) is 0 Å². The first kappa shape index (κ1) is 22.1. The smallest absolute Gasteiger partial charge is 0.260 e. The Balaban J connectivity index is 1.69. The summed E-state index contributed by atoms with van der Waals surface area (Å²) in [7, 11) is 3.16. The number of carbonyl (C=O) groups is 1. The molecule has 0 atom stereocenters. The van der Waals surface area contributed by atoms with Crippen LogP contribution in [0.25, 0.3) is 10.9 Å². The minimum atomic E-state index is -0.351. The first-order valence-corrected chi connectivity index (χ1v) is 10.5. The number of nitrogens with zero attached hydrogens (tertiary/aromatic N) is 2. The van der Waals surface area contributed by atoms with Crippen LogP contribution < -0.4 is 20.3 Å². The van der Waals surface area contributed by atoms with Crippen LogP contribution in [0, 0.1) is 13.8 Å². The van der Waals surface area contributed by atoms with Crippen molar-refractivity contribution in [1.29, 1.82) is 0 Å². The van der Waals surface area contributed by atoms with Crippen LogP contribution in [0.2, 0.25) is 0 Å². The van der Waals surface area contributed by atoms with Crippen LogP contribution >= 0.6 is 0 Å². The molecule has 2 heterocycles. The Bertz CT molecular complexity index is 1390. The number of aryl methyl sites for hydroxylation is 2. The average molecular weight is 444 g/mol. The Morgan fingerprint density at radius 1 is 1.00 bits per heavy atom. The van der Waals surface area contributed by atoms with E-state index in [1.165, 1.54) is 0 Å². The van der Waals surface area contributed by atoms with E-state index in [1.807, 2.05) is 43.3 Å². The molecule has 0 fully saturated rings. The lowest BCUT2D eigenvalue weighted by Gasteiger charge is -2.13. The molecule has 0 spiro atoms. The lowest BCUT2D eigenvalue weighted by molar-refractivity contribution is 0.102. The number of pyridine rings is 2. The summed E-state index contributed by atoms with van der Waals surface area (Å²) in [5.74, 6) is 0.961. The third-order valence-electron chi connectivity index (χ3n) is 5.51. The summed E-state index contributed by atoms with van der Waals surface area (Å²) in [6, 6.07) is 16.5. The van der Waals surface area contributed by atoms with Crippen molar-refractivity contribution >= 4 is 22.5 Å². The Kier molecular flexibility index (Phi) is 6.13. The number of aromatic nitrogens is 2. The SMILES string of the molecule is COc1ccc(Cn2ccc3nc(C)c(C(=O)Nc4cc(C)ccc4OC)cc3c2=O)cc1. The third kappa shape index (κ3) is 4.57. The molecule has 0 saturated heterocycles. The number of ether oxygens (including phenoxy) is 2. The van der Waals surface area contributed by atoms with Crippen molar-refractivity contribution in [3.63, 3.8) is 0 Å². The molecule has 1 N–H and O–H groups in total. The highest BCUT2D eigenvalue weighted by Crippen LogP contribution is 2.26. The Hall–Kier alpha value is -4.13. The average Bonchev–Trinajstić information content (AvgIpc) is 2.81. The number of anilines is 1. The second kappa shape index (κ2) is 9.16. The Morgan fingerprint density at radius 3 is 2.45 bits per heavy atom. The number of fused-ring (bicyclic) bond motifs is 1. The van der Waals surface area contributed by atoms with Crippen LogP contribution in [0.15, 0.2) is 65.6 Å². The molecule has 7 heteroatoms. The van der Waals surface area contributed by atoms with E-state index in [9.17, 15) is 9.59 Å². The summed E-state index contributed by atoms with van der Waals surface area (Å²) in [6.07, 6.45) is 1.72. The lowest BCUT2D eigenvalue weighted by Crippen LogP contribution is -2.22. The molecule has 0 unspecified atom stereocenters. The fourth-order valence-electron chi connectivity index (χ4n) is 3.70. The van der Waals surface area contributed by atoms with Crippen LogP contribution in [0.5, 0.6) is 11.5 Å². The normalized spacial score (nSPS) is 10.8. The first-order valence-electron chi connectivity index (χ1n) is 10.5. The van der Waals surface area contributed by atoms with Gasteiger partial charge in [0.1, 0.15) is 11.5 Å². The van der Waals surface area contributed by atoms with Gasteiger partial charge < -0.3 is 19.4 Å². The molecule has 0 bridgehead atoms. The van der Waals surface area contributed by atoms with Crippen molar-refractivity contribution in [2.75, 3.05) is 19.5 Å². The summed E-state index contributed by atoms with van der Waals surface area (Å²) >= 11 is 0. The highest BCUT2D eigenvalue weighted by Gasteiger charge is 2.16. The fourth-order valence-corrected chi connectivity index (χ4v) is 3.70. The molecule has 33 heavy (non-hydrogen) atoms. The molecule has 0 aliphatic rings. The van der Waals surface area contributed by atoms with Crippen LogP contribution in [0.3, 0.4) is 0 Å². The van der Waals surface area contributed by atoms with Gasteiger partial charge in [-0.05, 0) is 61.4 Å². The molecule has 0 aliphatic carbocycles. The monoisotopic (exact) mass is 443 g/mol. The van der Waals surface area contributed by atoms with E-state index in [1.54, 1.807) is 50.1 Å². The van der Waals surface area contributed by atoms with Crippen molar-refractivity contribution < 1.29 is 14.3 Å². The molecule has 1 amide bonds. The van der Waals surface area contributed by atoms with Crippen molar-refractivity contribution in [3.8, 4) is 11.5 Å². The molecule has 0 aliphatic heterocycles. The van der Waals surface area contributed by atoms with Crippen molar-refractivity contribution in [3.05, 3.63) is 93.5 Å². The summed E-state index contributed by atoms with van der Waals surface area (Å²) in [5, 5.41) is 3.27. The Labute approximate surface area is 191 Å². The predicted molar refractivity (Wildman–Crippen MR) is 129 cm³/mol. The van der Waals surface area contributed by atoms with E-state index >= 15 is 0 Å². The van der Waals surface area contributed by atoms with Crippen LogP contribution in [0.1, 0.15) is 27.2 Å². The number of hydrogen-bond donors (Lipinski definition) is 1. The van der Waals surface area contributed by atoms with Gasteiger partial charge in [-0.15, -0.1) is 0 Å². The Morgan fingerprint density at radius 2 is 1.76 bits per heavy atom. The lowest BCUT2D eigenvalue weighted by atomic mass is 10.1. The molecule has 2 aromatic heterocycles. The van der Waals surface area contributed by atoms with E-state index in [-0.39, 0.29) is 11.5 Å². The van der Waals surface area contributed by atoms with E-state index < -0.39 is 0 Å². The summed E-state index contributed by atoms with van der Waals surface area (Å²) in [4.78, 5) is 30.8. The minimum absolute atomic E-state index is 0.210. The number of amides is 1. The van der Waals surface area contributed by atoms with Crippen molar-refractivity contribution in [1.82, 2.24) is 9.55 Å². The number of carbonyl (C=O) groups excluding carboxylic acids is 1. The molecule has 4 aromatic rings. The van der Waals surface area contributed by atoms with E-state index in [2.05, 4.69) is 10.3 Å². The van der Waals surface area contributed by atoms with Gasteiger partial charge in [0.05, 0.1) is 48.6 Å². The predicted octanol–water partition coefficient (Wildman–Crippen LogP) is 4.33. The molecule has 7 nitrogen and oxygen atoms in total. The van der Waals surface area contributed by atoms with Gasteiger partial charge >= 0.3 is 0 Å². The zero-order chi connectivity index (χ0) is 23.5. The highest BCUT2D eigenvalue weighted by atomic mass is 16.5. The van der Waals surface area contributed by atoms with Gasteiger partial charge in [-0.3, -0.25) is 14.6 Å². The van der Waals surface area contributed by atoms with Gasteiger partial charge in [0, 0.05) is 6.20 Å². The summed E-state index contributed by atoms with van der Waals surface area (Å²) in [5.41, 5.74) is 3.73. The number of nitrogens with one attached hydrogen (secondary N) is 1. The quantitative estimate of drug-likeness (QED) is 0.480.